The molecule has 0 radical (unpaired) electrons. The highest BCUT2D eigenvalue weighted by Crippen LogP contribution is 2.13. The molecule has 156 valence electrons. The topological polar surface area (TPSA) is 161 Å². The molecule has 27 heavy (non-hydrogen) atoms. The Morgan fingerprint density at radius 2 is 2.04 bits per heavy atom. The number of hydrogen-bond donors (Lipinski definition) is 4. The van der Waals surface area contributed by atoms with Crippen LogP contribution in [0.2, 0.25) is 0 Å². The molecule has 4 N–H and O–H groups in total. The number of carbonyl (C=O) groups excluding carboxylic acids is 2. The van der Waals surface area contributed by atoms with Gasteiger partial charge in [-0.15, -0.1) is 4.28 Å². The molecule has 13 heteroatoms. The summed E-state index contributed by atoms with van der Waals surface area (Å²) in [6, 6.07) is -1.91. The highest BCUT2D eigenvalue weighted by molar-refractivity contribution is 7.80. The molecule has 1 saturated heterocycles. The lowest BCUT2D eigenvalue weighted by molar-refractivity contribution is -0.142. The molecule has 0 spiro atoms. The van der Waals surface area contributed by atoms with Gasteiger partial charge in [-0.05, 0) is 26.7 Å². The van der Waals surface area contributed by atoms with E-state index in [1.54, 1.807) is 19.3 Å². The van der Waals surface area contributed by atoms with Crippen molar-refractivity contribution < 1.29 is 31.7 Å². The Kier molecular flexibility index (Phi) is 8.88. The number of hydrogen-bond acceptors (Lipinski definition) is 7. The zero-order valence-corrected chi connectivity index (χ0v) is 16.4. The van der Waals surface area contributed by atoms with Crippen LogP contribution in [0.15, 0.2) is 0 Å². The lowest BCUT2D eigenvalue weighted by Gasteiger charge is -2.29. The van der Waals surface area contributed by atoms with E-state index in [0.29, 0.717) is 38.2 Å². The number of hydroxylamine groups is 2. The van der Waals surface area contributed by atoms with Crippen LogP contribution >= 0.6 is 0 Å². The molecule has 3 amide bonds. The number of nitrogens with zero attached hydrogens (tertiary/aromatic N) is 2. The molecular formula is C14H27N5O7S. The Bertz CT molecular complexity index is 642. The highest BCUT2D eigenvalue weighted by atomic mass is 32.3. The van der Waals surface area contributed by atoms with Crippen molar-refractivity contribution in [3.8, 4) is 0 Å². The van der Waals surface area contributed by atoms with Crippen molar-refractivity contribution in [2.24, 2.45) is 0 Å². The first-order chi connectivity index (χ1) is 12.6. The van der Waals surface area contributed by atoms with Gasteiger partial charge in [0.15, 0.2) is 0 Å². The van der Waals surface area contributed by atoms with Gasteiger partial charge in [-0.1, -0.05) is 13.3 Å². The maximum absolute atomic E-state index is 12.5. The molecule has 1 aliphatic heterocycles. The molecule has 1 aliphatic rings. The minimum Gasteiger partial charge on any atom is -0.358 e. The molecule has 0 aromatic carbocycles. The Balaban J connectivity index is 2.66. The Morgan fingerprint density at radius 3 is 2.52 bits per heavy atom. The molecule has 1 rings (SSSR count). The van der Waals surface area contributed by atoms with Gasteiger partial charge in [0.05, 0.1) is 5.84 Å². The van der Waals surface area contributed by atoms with Gasteiger partial charge in [0.2, 0.25) is 0 Å². The van der Waals surface area contributed by atoms with Gasteiger partial charge in [-0.25, -0.2) is 10.3 Å². The molecule has 0 aliphatic carbocycles. The van der Waals surface area contributed by atoms with Gasteiger partial charge in [-0.2, -0.15) is 13.9 Å². The zero-order chi connectivity index (χ0) is 20.6. The van der Waals surface area contributed by atoms with Crippen LogP contribution in [0.5, 0.6) is 0 Å². The molecular weight excluding hydrogens is 382 g/mol. The molecule has 12 nitrogen and oxygen atoms in total. The van der Waals surface area contributed by atoms with E-state index >= 15 is 0 Å². The molecule has 0 aromatic rings. The summed E-state index contributed by atoms with van der Waals surface area (Å²) in [6.45, 7) is 6.32. The van der Waals surface area contributed by atoms with Crippen LogP contribution < -0.4 is 11.0 Å². The van der Waals surface area contributed by atoms with Crippen LogP contribution in [0.1, 0.15) is 40.0 Å². The lowest BCUT2D eigenvalue weighted by atomic mass is 10.1. The van der Waals surface area contributed by atoms with E-state index in [1.807, 2.05) is 11.8 Å². The summed E-state index contributed by atoms with van der Waals surface area (Å²) in [4.78, 5) is 32.9. The van der Waals surface area contributed by atoms with Gasteiger partial charge in [-0.3, -0.25) is 19.6 Å². The second-order valence-electron chi connectivity index (χ2n) is 6.04. The van der Waals surface area contributed by atoms with E-state index < -0.39 is 28.4 Å². The van der Waals surface area contributed by atoms with Gasteiger partial charge in [0.25, 0.3) is 5.91 Å². The van der Waals surface area contributed by atoms with Crippen LogP contribution in [-0.4, -0.2) is 72.3 Å². The summed E-state index contributed by atoms with van der Waals surface area (Å²) < 4.78 is 33.6. The van der Waals surface area contributed by atoms with E-state index in [4.69, 9.17) is 14.8 Å². The van der Waals surface area contributed by atoms with Crippen molar-refractivity contribution >= 4 is 28.2 Å². The molecule has 1 unspecified atom stereocenters. The number of amidine groups is 1. The van der Waals surface area contributed by atoms with Crippen molar-refractivity contribution in [3.05, 3.63) is 0 Å². The third-order valence-electron chi connectivity index (χ3n) is 4.02. The van der Waals surface area contributed by atoms with Gasteiger partial charge in [0.1, 0.15) is 12.1 Å². The average Bonchev–Trinajstić information content (AvgIpc) is 3.06. The smallest absolute Gasteiger partial charge is 0.358 e. The number of urea groups is 1. The fraction of sp³-hybridized carbons (Fsp3) is 0.786. The number of likely N-dealkylation sites (N-methyl/N-ethyl adjacent to an activating group) is 1. The molecule has 2 atom stereocenters. The van der Waals surface area contributed by atoms with E-state index in [2.05, 4.69) is 9.76 Å². The Hall–Kier alpha value is -1.96. The first kappa shape index (κ1) is 23.1. The van der Waals surface area contributed by atoms with Gasteiger partial charge < -0.3 is 9.80 Å². The van der Waals surface area contributed by atoms with Crippen molar-refractivity contribution in [2.75, 3.05) is 19.6 Å². The third-order valence-corrected chi connectivity index (χ3v) is 4.32. The fourth-order valence-corrected chi connectivity index (χ4v) is 2.87. The van der Waals surface area contributed by atoms with Crippen LogP contribution in [0.3, 0.4) is 0 Å². The fourth-order valence-electron chi connectivity index (χ4n) is 2.69. The number of nitrogens with one attached hydrogen (secondary N) is 3. The molecule has 1 fully saturated rings. The summed E-state index contributed by atoms with van der Waals surface area (Å²) in [5.74, 6) is -0.144. The lowest BCUT2D eigenvalue weighted by Crippen LogP contribution is -2.53. The van der Waals surface area contributed by atoms with Crippen molar-refractivity contribution in [3.63, 3.8) is 0 Å². The van der Waals surface area contributed by atoms with Crippen molar-refractivity contribution in [1.29, 1.82) is 5.41 Å². The largest absolute Gasteiger partial charge is 0.418 e. The predicted molar refractivity (Wildman–Crippen MR) is 94.8 cm³/mol. The molecule has 0 aromatic heterocycles. The Labute approximate surface area is 158 Å². The molecule has 0 bridgehead atoms. The second-order valence-corrected chi connectivity index (χ2v) is 7.06. The summed E-state index contributed by atoms with van der Waals surface area (Å²) in [6.07, 6.45) is 1.25. The predicted octanol–water partition coefficient (Wildman–Crippen LogP) is 0.0403. The second kappa shape index (κ2) is 10.4. The zero-order valence-electron chi connectivity index (χ0n) is 15.6. The highest BCUT2D eigenvalue weighted by Gasteiger charge is 2.31. The van der Waals surface area contributed by atoms with E-state index in [9.17, 15) is 18.0 Å². The monoisotopic (exact) mass is 409 g/mol. The normalized spacial score (nSPS) is 18.1. The third kappa shape index (κ3) is 7.66. The van der Waals surface area contributed by atoms with Crippen LogP contribution in [0.25, 0.3) is 0 Å². The SMILES string of the molecule is CCC[C@@H](C(=O)NOC1CCN(C(C)=N)C1)N(CC)C(=O)NOS(=O)(=O)O. The quantitative estimate of drug-likeness (QED) is 0.180. The van der Waals surface area contributed by atoms with Crippen molar-refractivity contribution in [1.82, 2.24) is 20.8 Å². The minimum absolute atomic E-state index is 0.0863. The molecule has 0 saturated carbocycles. The number of amides is 3. The number of likely N-dealkylation sites (tertiary alicyclic amines) is 1. The van der Waals surface area contributed by atoms with E-state index in [-0.39, 0.29) is 12.6 Å². The maximum Gasteiger partial charge on any atom is 0.418 e. The standard InChI is InChI=1S/C14H27N5O7S/c1-4-6-12(19(5-2)14(21)17-26-27(22,23)24)13(20)16-25-11-7-8-18(9-11)10(3)15/h11-12,15H,4-9H2,1-3H3,(H,16,20)(H,17,21)(H,22,23,24)/t11?,12-/m0/s1. The van der Waals surface area contributed by atoms with Crippen molar-refractivity contribution in [2.45, 2.75) is 52.2 Å². The van der Waals surface area contributed by atoms with E-state index in [0.717, 1.165) is 4.90 Å². The van der Waals surface area contributed by atoms with Gasteiger partial charge in [0, 0.05) is 19.6 Å². The summed E-state index contributed by atoms with van der Waals surface area (Å²) in [5, 5.41) is 7.59. The minimum atomic E-state index is -4.86. The van der Waals surface area contributed by atoms with E-state index in [1.165, 1.54) is 0 Å². The number of carbonyl (C=O) groups is 2. The molecule has 1 heterocycles. The van der Waals surface area contributed by atoms with Crippen LogP contribution in [-0.2, 0) is 24.3 Å². The first-order valence-electron chi connectivity index (χ1n) is 8.57. The first-order valence-corrected chi connectivity index (χ1v) is 9.93. The van der Waals surface area contributed by atoms with Crippen LogP contribution in [0, 0.1) is 5.41 Å². The summed E-state index contributed by atoms with van der Waals surface area (Å²) in [7, 11) is -4.86. The van der Waals surface area contributed by atoms with Gasteiger partial charge >= 0.3 is 16.4 Å². The Morgan fingerprint density at radius 1 is 1.37 bits per heavy atom. The average molecular weight is 409 g/mol. The summed E-state index contributed by atoms with van der Waals surface area (Å²) >= 11 is 0. The maximum atomic E-state index is 12.5. The summed E-state index contributed by atoms with van der Waals surface area (Å²) in [5.41, 5.74) is 3.93. The van der Waals surface area contributed by atoms with Crippen LogP contribution in [0.4, 0.5) is 4.79 Å². The number of rotatable bonds is 9.